The number of anilines is 1. The zero-order chi connectivity index (χ0) is 25.8. The highest BCUT2D eigenvalue weighted by Gasteiger charge is 2.25. The number of pyridine rings is 1. The van der Waals surface area contributed by atoms with Crippen molar-refractivity contribution >= 4 is 34.8 Å². The summed E-state index contributed by atoms with van der Waals surface area (Å²) in [5.41, 5.74) is 1.94. The molecule has 2 aliphatic heterocycles. The Balaban J connectivity index is 1.22. The second-order valence-corrected chi connectivity index (χ2v) is 9.47. The van der Waals surface area contributed by atoms with Crippen LogP contribution in [0.2, 0.25) is 0 Å². The highest BCUT2D eigenvalue weighted by atomic mass is 32.2. The fourth-order valence-electron chi connectivity index (χ4n) is 3.99. The summed E-state index contributed by atoms with van der Waals surface area (Å²) in [6, 6.07) is 12.9. The third-order valence-electron chi connectivity index (χ3n) is 5.93. The monoisotopic (exact) mass is 514 g/mol. The van der Waals surface area contributed by atoms with Crippen LogP contribution < -0.4 is 19.7 Å². The molecule has 1 N–H and O–H groups in total. The van der Waals surface area contributed by atoms with Crippen LogP contribution in [0.5, 0.6) is 17.5 Å². The van der Waals surface area contributed by atoms with E-state index in [9.17, 15) is 9.59 Å². The van der Waals surface area contributed by atoms with E-state index in [1.54, 1.807) is 36.5 Å². The number of nitrogens with one attached hydrogen (secondary N) is 1. The van der Waals surface area contributed by atoms with E-state index in [2.05, 4.69) is 31.2 Å². The van der Waals surface area contributed by atoms with Gasteiger partial charge in [-0.05, 0) is 54.6 Å². The van der Waals surface area contributed by atoms with E-state index in [-0.39, 0.29) is 11.3 Å². The van der Waals surface area contributed by atoms with Crippen LogP contribution in [0.15, 0.2) is 53.8 Å². The van der Waals surface area contributed by atoms with Gasteiger partial charge in [-0.1, -0.05) is 12.1 Å². The summed E-state index contributed by atoms with van der Waals surface area (Å²) < 4.78 is 12.2. The summed E-state index contributed by atoms with van der Waals surface area (Å²) in [6.07, 6.45) is 6.22. The van der Waals surface area contributed by atoms with Crippen LogP contribution in [0.3, 0.4) is 0 Å². The number of piperidine rings is 1. The molecule has 0 atom stereocenters. The number of amides is 2. The molecular formula is C26H22N6O4S. The molecular weight excluding hydrogens is 492 g/mol. The summed E-state index contributed by atoms with van der Waals surface area (Å²) in [5, 5.41) is 10.8. The van der Waals surface area contributed by atoms with Gasteiger partial charge in [0, 0.05) is 32.1 Å². The summed E-state index contributed by atoms with van der Waals surface area (Å²) in [6.45, 7) is 3.40. The zero-order valence-electron chi connectivity index (χ0n) is 19.9. The SMILES string of the molecule is Cc1c(Oc2cccc(/C=C3\SC(=O)NC3=O)c2)ncnc1OC1CCN(c2ccc(C#N)cn2)CC1. The molecule has 2 fully saturated rings. The molecule has 2 amide bonds. The van der Waals surface area contributed by atoms with Crippen LogP contribution in [0.1, 0.15) is 29.5 Å². The van der Waals surface area contributed by atoms with Gasteiger partial charge in [-0.25, -0.2) is 15.0 Å². The number of rotatable bonds is 6. The van der Waals surface area contributed by atoms with Gasteiger partial charge < -0.3 is 14.4 Å². The Bertz CT molecular complexity index is 1410. The molecule has 2 aromatic heterocycles. The van der Waals surface area contributed by atoms with Crippen molar-refractivity contribution in [3.63, 3.8) is 0 Å². The molecule has 0 bridgehead atoms. The van der Waals surface area contributed by atoms with Gasteiger partial charge in [0.05, 0.1) is 16.0 Å². The van der Waals surface area contributed by atoms with Crippen molar-refractivity contribution in [1.82, 2.24) is 20.3 Å². The van der Waals surface area contributed by atoms with Crippen molar-refractivity contribution in [2.75, 3.05) is 18.0 Å². The lowest BCUT2D eigenvalue weighted by atomic mass is 10.1. The maximum atomic E-state index is 11.8. The average molecular weight is 515 g/mol. The van der Waals surface area contributed by atoms with E-state index < -0.39 is 5.91 Å². The van der Waals surface area contributed by atoms with Crippen molar-refractivity contribution in [3.05, 3.63) is 70.5 Å². The van der Waals surface area contributed by atoms with Gasteiger partial charge in [0.15, 0.2) is 0 Å². The largest absolute Gasteiger partial charge is 0.474 e. The van der Waals surface area contributed by atoms with Crippen molar-refractivity contribution in [2.45, 2.75) is 25.9 Å². The Hall–Kier alpha value is -4.43. The number of nitriles is 1. The Labute approximate surface area is 217 Å². The molecule has 3 aromatic rings. The Morgan fingerprint density at radius 1 is 1.14 bits per heavy atom. The predicted octanol–water partition coefficient (Wildman–Crippen LogP) is 4.22. The fourth-order valence-corrected chi connectivity index (χ4v) is 4.67. The molecule has 0 saturated carbocycles. The molecule has 186 valence electrons. The third kappa shape index (κ3) is 5.70. The molecule has 2 saturated heterocycles. The minimum atomic E-state index is -0.409. The second-order valence-electron chi connectivity index (χ2n) is 8.46. The number of ether oxygens (including phenoxy) is 2. The highest BCUT2D eigenvalue weighted by Crippen LogP contribution is 2.31. The number of thioether (sulfide) groups is 1. The van der Waals surface area contributed by atoms with Gasteiger partial charge in [-0.15, -0.1) is 0 Å². The van der Waals surface area contributed by atoms with E-state index in [0.29, 0.717) is 33.5 Å². The smallest absolute Gasteiger partial charge is 0.290 e. The number of imide groups is 1. The number of hydrogen-bond donors (Lipinski definition) is 1. The first-order valence-electron chi connectivity index (χ1n) is 11.6. The van der Waals surface area contributed by atoms with Crippen LogP contribution in [0.25, 0.3) is 6.08 Å². The van der Waals surface area contributed by atoms with Crippen LogP contribution in [0.4, 0.5) is 10.6 Å². The van der Waals surface area contributed by atoms with Gasteiger partial charge in [0.2, 0.25) is 11.8 Å². The van der Waals surface area contributed by atoms with Crippen LogP contribution in [-0.4, -0.2) is 45.3 Å². The zero-order valence-corrected chi connectivity index (χ0v) is 20.7. The van der Waals surface area contributed by atoms with Crippen molar-refractivity contribution in [1.29, 1.82) is 5.26 Å². The lowest BCUT2D eigenvalue weighted by Crippen LogP contribution is -2.38. The maximum absolute atomic E-state index is 11.8. The lowest BCUT2D eigenvalue weighted by Gasteiger charge is -2.32. The van der Waals surface area contributed by atoms with Gasteiger partial charge >= 0.3 is 0 Å². The normalized spacial score (nSPS) is 17.0. The summed E-state index contributed by atoms with van der Waals surface area (Å²) >= 11 is 0.865. The van der Waals surface area contributed by atoms with E-state index in [4.69, 9.17) is 14.7 Å². The van der Waals surface area contributed by atoms with Crippen LogP contribution in [-0.2, 0) is 4.79 Å². The van der Waals surface area contributed by atoms with Crippen molar-refractivity contribution in [2.24, 2.45) is 0 Å². The standard InChI is InChI=1S/C26H22N6O4S/c1-16-24(35-19-7-9-32(10-8-19)22-6-5-18(13-27)14-28-22)29-15-30-25(16)36-20-4-2-3-17(11-20)12-21-23(33)31-26(34)37-21/h2-6,11-12,14-15,19H,7-10H2,1H3,(H,31,33,34)/b21-12-. The van der Waals surface area contributed by atoms with Gasteiger partial charge in [0.25, 0.3) is 11.1 Å². The maximum Gasteiger partial charge on any atom is 0.290 e. The van der Waals surface area contributed by atoms with E-state index in [1.807, 2.05) is 19.1 Å². The summed E-state index contributed by atoms with van der Waals surface area (Å²) in [4.78, 5) is 38.7. The predicted molar refractivity (Wildman–Crippen MR) is 137 cm³/mol. The fraction of sp³-hybridized carbons (Fsp3) is 0.231. The first kappa shape index (κ1) is 24.3. The number of aromatic nitrogens is 3. The molecule has 2 aliphatic rings. The summed E-state index contributed by atoms with van der Waals surface area (Å²) in [5.74, 6) is 1.81. The number of nitrogens with zero attached hydrogens (tertiary/aromatic N) is 5. The molecule has 0 aliphatic carbocycles. The number of carbonyl (C=O) groups excluding carboxylic acids is 2. The highest BCUT2D eigenvalue weighted by molar-refractivity contribution is 8.18. The van der Waals surface area contributed by atoms with Gasteiger partial charge in [-0.3, -0.25) is 14.9 Å². The van der Waals surface area contributed by atoms with E-state index in [1.165, 1.54) is 6.33 Å². The first-order valence-corrected chi connectivity index (χ1v) is 12.4. The quantitative estimate of drug-likeness (QED) is 0.477. The molecule has 10 nitrogen and oxygen atoms in total. The minimum absolute atomic E-state index is 0.0104. The van der Waals surface area contributed by atoms with E-state index >= 15 is 0 Å². The topological polar surface area (TPSA) is 130 Å². The molecule has 0 radical (unpaired) electrons. The molecule has 0 unspecified atom stereocenters. The number of carbonyl (C=O) groups is 2. The Kier molecular flexibility index (Phi) is 7.00. The third-order valence-corrected chi connectivity index (χ3v) is 6.74. The Morgan fingerprint density at radius 3 is 2.65 bits per heavy atom. The molecule has 11 heteroatoms. The summed E-state index contributed by atoms with van der Waals surface area (Å²) in [7, 11) is 0. The second kappa shape index (κ2) is 10.7. The molecule has 5 rings (SSSR count). The molecule has 1 aromatic carbocycles. The average Bonchev–Trinajstić information content (AvgIpc) is 3.23. The minimum Gasteiger partial charge on any atom is -0.474 e. The van der Waals surface area contributed by atoms with Gasteiger partial charge in [0.1, 0.15) is 30.1 Å². The van der Waals surface area contributed by atoms with Crippen molar-refractivity contribution < 1.29 is 19.1 Å². The van der Waals surface area contributed by atoms with Crippen molar-refractivity contribution in [3.8, 4) is 23.6 Å². The molecule has 4 heterocycles. The van der Waals surface area contributed by atoms with Crippen LogP contribution in [0, 0.1) is 18.3 Å². The number of hydrogen-bond acceptors (Lipinski definition) is 10. The van der Waals surface area contributed by atoms with Crippen LogP contribution >= 0.6 is 11.8 Å². The first-order chi connectivity index (χ1) is 18.0. The van der Waals surface area contributed by atoms with Gasteiger partial charge in [-0.2, -0.15) is 5.26 Å². The molecule has 37 heavy (non-hydrogen) atoms. The Morgan fingerprint density at radius 2 is 1.95 bits per heavy atom. The lowest BCUT2D eigenvalue weighted by molar-refractivity contribution is -0.115. The number of benzene rings is 1. The molecule has 0 spiro atoms. The van der Waals surface area contributed by atoms with E-state index in [0.717, 1.165) is 49.1 Å².